The molecule has 0 aliphatic carbocycles. The minimum absolute atomic E-state index is 0.0292. The van der Waals surface area contributed by atoms with Gasteiger partial charge in [-0.15, -0.1) is 0 Å². The SMILES string of the molecule is CCCN(C(=O)COc1cc(F)ccc1[N+](=O)[O-])[C@H]1CCS(=O)(=O)C1. The number of halogens is 1. The first kappa shape index (κ1) is 19.1. The fourth-order valence-corrected chi connectivity index (χ4v) is 4.48. The molecule has 1 amide bonds. The van der Waals surface area contributed by atoms with Gasteiger partial charge in [0.25, 0.3) is 5.91 Å². The summed E-state index contributed by atoms with van der Waals surface area (Å²) in [7, 11) is -3.16. The van der Waals surface area contributed by atoms with E-state index < -0.39 is 44.8 Å². The summed E-state index contributed by atoms with van der Waals surface area (Å²) in [6.45, 7) is 1.68. The highest BCUT2D eigenvalue weighted by molar-refractivity contribution is 7.91. The molecule has 1 aromatic carbocycles. The molecule has 138 valence electrons. The smallest absolute Gasteiger partial charge is 0.311 e. The van der Waals surface area contributed by atoms with Crippen molar-refractivity contribution >= 4 is 21.4 Å². The van der Waals surface area contributed by atoms with Crippen LogP contribution in [0.5, 0.6) is 5.75 Å². The summed E-state index contributed by atoms with van der Waals surface area (Å²) >= 11 is 0. The molecule has 0 aromatic heterocycles. The highest BCUT2D eigenvalue weighted by Crippen LogP contribution is 2.27. The summed E-state index contributed by atoms with van der Waals surface area (Å²) < 4.78 is 41.7. The molecular formula is C15H19FN2O6S. The standard InChI is InChI=1S/C15H19FN2O6S/c1-2-6-17(12-5-7-25(22,23)10-12)15(19)9-24-14-8-11(16)3-4-13(14)18(20)21/h3-4,8,12H,2,5-7,9-10H2,1H3/t12-/m0/s1. The number of nitrogens with zero attached hydrogens (tertiary/aromatic N) is 2. The van der Waals surface area contributed by atoms with Gasteiger partial charge in [0.05, 0.1) is 16.4 Å². The van der Waals surface area contributed by atoms with Crippen molar-refractivity contribution in [3.05, 3.63) is 34.1 Å². The maximum absolute atomic E-state index is 13.3. The number of carbonyl (C=O) groups excluding carboxylic acids is 1. The monoisotopic (exact) mass is 374 g/mol. The minimum Gasteiger partial charge on any atom is -0.477 e. The third-order valence-electron chi connectivity index (χ3n) is 3.90. The largest absolute Gasteiger partial charge is 0.477 e. The zero-order valence-corrected chi connectivity index (χ0v) is 14.5. The highest BCUT2D eigenvalue weighted by atomic mass is 32.2. The molecule has 1 aliphatic heterocycles. The number of ether oxygens (including phenoxy) is 1. The van der Waals surface area contributed by atoms with Gasteiger partial charge in [-0.05, 0) is 18.9 Å². The molecule has 1 fully saturated rings. The van der Waals surface area contributed by atoms with Gasteiger partial charge in [-0.3, -0.25) is 14.9 Å². The van der Waals surface area contributed by atoms with Gasteiger partial charge in [0, 0.05) is 24.7 Å². The van der Waals surface area contributed by atoms with Crippen molar-refractivity contribution in [2.45, 2.75) is 25.8 Å². The van der Waals surface area contributed by atoms with E-state index in [4.69, 9.17) is 4.74 Å². The Bertz CT molecular complexity index is 767. The van der Waals surface area contributed by atoms with Crippen LogP contribution in [0.1, 0.15) is 19.8 Å². The van der Waals surface area contributed by atoms with E-state index >= 15 is 0 Å². The number of amides is 1. The molecule has 1 heterocycles. The summed E-state index contributed by atoms with van der Waals surface area (Å²) in [6, 6.07) is 2.31. The number of sulfone groups is 1. The molecule has 25 heavy (non-hydrogen) atoms. The van der Waals surface area contributed by atoms with Gasteiger partial charge >= 0.3 is 5.69 Å². The van der Waals surface area contributed by atoms with Crippen molar-refractivity contribution in [1.82, 2.24) is 4.90 Å². The van der Waals surface area contributed by atoms with E-state index in [1.165, 1.54) is 4.90 Å². The maximum atomic E-state index is 13.3. The molecule has 10 heteroatoms. The van der Waals surface area contributed by atoms with Gasteiger partial charge in [0.15, 0.2) is 16.4 Å². The lowest BCUT2D eigenvalue weighted by Crippen LogP contribution is -2.44. The van der Waals surface area contributed by atoms with E-state index in [1.807, 2.05) is 6.92 Å². The molecule has 1 aliphatic rings. The quantitative estimate of drug-likeness (QED) is 0.529. The van der Waals surface area contributed by atoms with Gasteiger partial charge in [0.2, 0.25) is 5.75 Å². The van der Waals surface area contributed by atoms with Crippen LogP contribution >= 0.6 is 0 Å². The fraction of sp³-hybridized carbons (Fsp3) is 0.533. The van der Waals surface area contributed by atoms with Crippen molar-refractivity contribution in [2.75, 3.05) is 24.7 Å². The molecule has 2 rings (SSSR count). The Morgan fingerprint density at radius 2 is 2.20 bits per heavy atom. The summed E-state index contributed by atoms with van der Waals surface area (Å²) in [4.78, 5) is 24.0. The first-order valence-electron chi connectivity index (χ1n) is 7.80. The van der Waals surface area contributed by atoms with Crippen LogP contribution in [0.3, 0.4) is 0 Å². The Morgan fingerprint density at radius 1 is 1.48 bits per heavy atom. The van der Waals surface area contributed by atoms with Crippen LogP contribution in [0.4, 0.5) is 10.1 Å². The Labute approximate surface area is 144 Å². The van der Waals surface area contributed by atoms with Gasteiger partial charge < -0.3 is 9.64 Å². The molecule has 0 unspecified atom stereocenters. The molecule has 0 spiro atoms. The van der Waals surface area contributed by atoms with Crippen molar-refractivity contribution in [3.8, 4) is 5.75 Å². The average molecular weight is 374 g/mol. The van der Waals surface area contributed by atoms with Gasteiger partial charge in [-0.2, -0.15) is 0 Å². The predicted octanol–water partition coefficient (Wildman–Crippen LogP) is 1.54. The van der Waals surface area contributed by atoms with Crippen molar-refractivity contribution < 1.29 is 27.3 Å². The number of benzene rings is 1. The first-order chi connectivity index (χ1) is 11.7. The molecule has 0 bridgehead atoms. The number of carbonyl (C=O) groups is 1. The minimum atomic E-state index is -3.16. The number of hydrogen-bond donors (Lipinski definition) is 0. The molecule has 1 aromatic rings. The lowest BCUT2D eigenvalue weighted by molar-refractivity contribution is -0.385. The molecular weight excluding hydrogens is 355 g/mol. The maximum Gasteiger partial charge on any atom is 0.311 e. The third-order valence-corrected chi connectivity index (χ3v) is 5.65. The van der Waals surface area contributed by atoms with Crippen LogP contribution in [-0.2, 0) is 14.6 Å². The lowest BCUT2D eigenvalue weighted by Gasteiger charge is -2.27. The van der Waals surface area contributed by atoms with Crippen LogP contribution in [0.15, 0.2) is 18.2 Å². The Kier molecular flexibility index (Phi) is 5.93. The van der Waals surface area contributed by atoms with Crippen LogP contribution in [-0.4, -0.2) is 54.8 Å². The van der Waals surface area contributed by atoms with Crippen molar-refractivity contribution in [2.24, 2.45) is 0 Å². The van der Waals surface area contributed by atoms with Crippen LogP contribution in [0.2, 0.25) is 0 Å². The zero-order valence-electron chi connectivity index (χ0n) is 13.7. The van der Waals surface area contributed by atoms with Gasteiger partial charge in [0.1, 0.15) is 5.82 Å². The highest BCUT2D eigenvalue weighted by Gasteiger charge is 2.34. The first-order valence-corrected chi connectivity index (χ1v) is 9.62. The Balaban J connectivity index is 2.09. The lowest BCUT2D eigenvalue weighted by atomic mass is 10.2. The van der Waals surface area contributed by atoms with E-state index in [1.54, 1.807) is 0 Å². The van der Waals surface area contributed by atoms with Gasteiger partial charge in [-0.25, -0.2) is 12.8 Å². The normalized spacial score (nSPS) is 18.7. The summed E-state index contributed by atoms with van der Waals surface area (Å²) in [5, 5.41) is 10.9. The molecule has 0 radical (unpaired) electrons. The van der Waals surface area contributed by atoms with Crippen molar-refractivity contribution in [1.29, 1.82) is 0 Å². The van der Waals surface area contributed by atoms with Crippen LogP contribution in [0, 0.1) is 15.9 Å². The Hall–Kier alpha value is -2.23. The zero-order chi connectivity index (χ0) is 18.6. The van der Waals surface area contributed by atoms with Crippen molar-refractivity contribution in [3.63, 3.8) is 0 Å². The second kappa shape index (κ2) is 7.77. The number of nitro benzene ring substituents is 1. The summed E-state index contributed by atoms with van der Waals surface area (Å²) in [5.41, 5.74) is -0.445. The second-order valence-corrected chi connectivity index (χ2v) is 8.03. The van der Waals surface area contributed by atoms with E-state index in [0.717, 1.165) is 18.2 Å². The molecule has 8 nitrogen and oxygen atoms in total. The molecule has 1 atom stereocenters. The molecule has 0 N–H and O–H groups in total. The predicted molar refractivity (Wildman–Crippen MR) is 87.6 cm³/mol. The number of hydrogen-bond acceptors (Lipinski definition) is 6. The second-order valence-electron chi connectivity index (χ2n) is 5.80. The van der Waals surface area contributed by atoms with Crippen LogP contribution in [0.25, 0.3) is 0 Å². The summed E-state index contributed by atoms with van der Waals surface area (Å²) in [5.74, 6) is -1.61. The number of nitro groups is 1. The average Bonchev–Trinajstić information content (AvgIpc) is 2.89. The summed E-state index contributed by atoms with van der Waals surface area (Å²) in [6.07, 6.45) is 0.983. The van der Waals surface area contributed by atoms with Gasteiger partial charge in [-0.1, -0.05) is 6.92 Å². The van der Waals surface area contributed by atoms with E-state index in [0.29, 0.717) is 19.4 Å². The Morgan fingerprint density at radius 3 is 2.76 bits per heavy atom. The number of rotatable bonds is 7. The third kappa shape index (κ3) is 4.88. The topological polar surface area (TPSA) is 107 Å². The van der Waals surface area contributed by atoms with E-state index in [-0.39, 0.29) is 17.3 Å². The van der Waals surface area contributed by atoms with Crippen LogP contribution < -0.4 is 4.74 Å². The molecule has 1 saturated heterocycles. The molecule has 0 saturated carbocycles. The fourth-order valence-electron chi connectivity index (χ4n) is 2.75. The van der Waals surface area contributed by atoms with E-state index in [9.17, 15) is 27.7 Å². The van der Waals surface area contributed by atoms with E-state index in [2.05, 4.69) is 0 Å².